The van der Waals surface area contributed by atoms with Gasteiger partial charge in [0.2, 0.25) is 0 Å². The van der Waals surface area contributed by atoms with E-state index >= 15 is 0 Å². The Bertz CT molecular complexity index is 480. The predicted octanol–water partition coefficient (Wildman–Crippen LogP) is -1.38. The number of phenolic OH excluding ortho intramolecular Hbond substituents is 2. The van der Waals surface area contributed by atoms with Gasteiger partial charge in [-0.3, -0.25) is 0 Å². The summed E-state index contributed by atoms with van der Waals surface area (Å²) in [6, 6.07) is 1.90. The first-order valence-corrected chi connectivity index (χ1v) is 7.50. The SMILES string of the molecule is CC(=O)Nc1c(O)ccc([As](=O)(O)O)c1O. The molecule has 7 nitrogen and oxygen atoms in total. The number of rotatable bonds is 2. The van der Waals surface area contributed by atoms with Gasteiger partial charge in [-0.05, 0) is 0 Å². The number of hydrogen-bond acceptors (Lipinski definition) is 4. The van der Waals surface area contributed by atoms with Crippen LogP contribution in [0.25, 0.3) is 0 Å². The second-order valence-electron chi connectivity index (χ2n) is 3.05. The molecule has 0 spiro atoms. The number of carbonyl (C=O) groups is 1. The van der Waals surface area contributed by atoms with Gasteiger partial charge in [-0.25, -0.2) is 0 Å². The molecule has 0 fully saturated rings. The van der Waals surface area contributed by atoms with Crippen LogP contribution < -0.4 is 9.67 Å². The van der Waals surface area contributed by atoms with Crippen LogP contribution in [-0.4, -0.2) is 38.5 Å². The summed E-state index contributed by atoms with van der Waals surface area (Å²) >= 11 is -5.29. The van der Waals surface area contributed by atoms with E-state index in [2.05, 4.69) is 5.32 Å². The van der Waals surface area contributed by atoms with Gasteiger partial charge in [-0.15, -0.1) is 0 Å². The monoisotopic (exact) mass is 291 g/mol. The van der Waals surface area contributed by atoms with Gasteiger partial charge >= 0.3 is 92.9 Å². The molecule has 0 radical (unpaired) electrons. The second-order valence-corrected chi connectivity index (χ2v) is 6.35. The van der Waals surface area contributed by atoms with E-state index in [9.17, 15) is 18.7 Å². The van der Waals surface area contributed by atoms with Crippen LogP contribution >= 0.6 is 0 Å². The van der Waals surface area contributed by atoms with Crippen molar-refractivity contribution in [1.29, 1.82) is 0 Å². The number of aromatic hydroxyl groups is 2. The molecule has 0 aliphatic carbocycles. The molecule has 88 valence electrons. The first-order chi connectivity index (χ1) is 7.23. The van der Waals surface area contributed by atoms with Crippen molar-refractivity contribution in [3.05, 3.63) is 12.1 Å². The Morgan fingerprint density at radius 1 is 1.31 bits per heavy atom. The second kappa shape index (κ2) is 4.21. The first kappa shape index (κ1) is 12.6. The summed E-state index contributed by atoms with van der Waals surface area (Å²) in [6.45, 7) is 1.13. The molecule has 5 N–H and O–H groups in total. The summed E-state index contributed by atoms with van der Waals surface area (Å²) in [7, 11) is 0. The Morgan fingerprint density at radius 2 is 1.88 bits per heavy atom. The summed E-state index contributed by atoms with van der Waals surface area (Å²) in [5, 5.41) is 20.9. The molecule has 0 bridgehead atoms. The number of phenols is 2. The minimum absolute atomic E-state index is 0.408. The van der Waals surface area contributed by atoms with Crippen LogP contribution in [0.5, 0.6) is 11.5 Å². The van der Waals surface area contributed by atoms with Crippen LogP contribution in [0.1, 0.15) is 6.92 Å². The van der Waals surface area contributed by atoms with Crippen molar-refractivity contribution < 1.29 is 26.9 Å². The zero-order valence-electron chi connectivity index (χ0n) is 8.21. The third kappa shape index (κ3) is 2.57. The van der Waals surface area contributed by atoms with Crippen LogP contribution in [-0.2, 0) is 8.53 Å². The molecule has 0 unspecified atom stereocenters. The Balaban J connectivity index is 3.38. The molecular weight excluding hydrogens is 281 g/mol. The number of anilines is 1. The Morgan fingerprint density at radius 3 is 2.31 bits per heavy atom. The normalized spacial score (nSPS) is 11.2. The number of amides is 1. The number of hydrogen-bond donors (Lipinski definition) is 5. The van der Waals surface area contributed by atoms with Crippen LogP contribution in [0.3, 0.4) is 0 Å². The molecule has 0 aliphatic rings. The molecule has 0 saturated heterocycles. The molecule has 1 aromatic rings. The molecule has 16 heavy (non-hydrogen) atoms. The van der Waals surface area contributed by atoms with Gasteiger partial charge in [0.05, 0.1) is 0 Å². The average molecular weight is 291 g/mol. The van der Waals surface area contributed by atoms with Crippen molar-refractivity contribution in [2.24, 2.45) is 0 Å². The topological polar surface area (TPSA) is 127 Å². The summed E-state index contributed by atoms with van der Waals surface area (Å²) in [4.78, 5) is 10.8. The minimum atomic E-state index is -5.29. The van der Waals surface area contributed by atoms with Gasteiger partial charge < -0.3 is 0 Å². The molecule has 0 aromatic heterocycles. The predicted molar refractivity (Wildman–Crippen MR) is 54.6 cm³/mol. The summed E-state index contributed by atoms with van der Waals surface area (Å²) < 4.78 is 28.3. The fourth-order valence-electron chi connectivity index (χ4n) is 1.10. The van der Waals surface area contributed by atoms with Crippen molar-refractivity contribution in [3.8, 4) is 11.5 Å². The van der Waals surface area contributed by atoms with Crippen molar-refractivity contribution in [2.45, 2.75) is 6.92 Å². The van der Waals surface area contributed by atoms with Crippen LogP contribution in [0.4, 0.5) is 5.69 Å². The van der Waals surface area contributed by atoms with Crippen molar-refractivity contribution >= 4 is 30.1 Å². The molecule has 1 rings (SSSR count). The van der Waals surface area contributed by atoms with E-state index in [4.69, 9.17) is 8.19 Å². The quantitative estimate of drug-likeness (QED) is 0.337. The van der Waals surface area contributed by atoms with E-state index in [-0.39, 0.29) is 0 Å². The number of carbonyl (C=O) groups excluding carboxylic acids is 1. The zero-order valence-corrected chi connectivity index (χ0v) is 10.1. The van der Waals surface area contributed by atoms with Crippen LogP contribution in [0.2, 0.25) is 0 Å². The molecule has 0 atom stereocenters. The average Bonchev–Trinajstić information content (AvgIpc) is 2.09. The molecule has 0 heterocycles. The maximum absolute atomic E-state index is 11.0. The van der Waals surface area contributed by atoms with Crippen LogP contribution in [0, 0.1) is 0 Å². The van der Waals surface area contributed by atoms with Crippen molar-refractivity contribution in [3.63, 3.8) is 0 Å². The van der Waals surface area contributed by atoms with E-state index in [0.29, 0.717) is 0 Å². The Labute approximate surface area is 93.3 Å². The van der Waals surface area contributed by atoms with E-state index in [1.165, 1.54) is 0 Å². The van der Waals surface area contributed by atoms with Crippen LogP contribution in [0.15, 0.2) is 12.1 Å². The van der Waals surface area contributed by atoms with E-state index in [1.807, 2.05) is 0 Å². The Hall–Kier alpha value is -1.43. The third-order valence-electron chi connectivity index (χ3n) is 1.75. The molecule has 1 aromatic carbocycles. The first-order valence-electron chi connectivity index (χ1n) is 4.12. The summed E-state index contributed by atoms with van der Waals surface area (Å²) in [5.74, 6) is -1.87. The number of benzene rings is 1. The molecule has 0 saturated carbocycles. The van der Waals surface area contributed by atoms with Crippen molar-refractivity contribution in [2.75, 3.05) is 5.32 Å². The van der Waals surface area contributed by atoms with Gasteiger partial charge in [0.1, 0.15) is 0 Å². The zero-order chi connectivity index (χ0) is 12.5. The molecular formula is C8H10AsNO6. The fraction of sp³-hybridized carbons (Fsp3) is 0.125. The van der Waals surface area contributed by atoms with Gasteiger partial charge in [-0.2, -0.15) is 0 Å². The van der Waals surface area contributed by atoms with E-state index < -0.39 is 41.6 Å². The molecule has 8 heteroatoms. The third-order valence-corrected chi connectivity index (χ3v) is 3.82. The summed E-state index contributed by atoms with van der Waals surface area (Å²) in [5.41, 5.74) is -0.408. The van der Waals surface area contributed by atoms with Gasteiger partial charge in [0, 0.05) is 0 Å². The number of nitrogens with one attached hydrogen (secondary N) is 1. The molecule has 0 aliphatic heterocycles. The van der Waals surface area contributed by atoms with Gasteiger partial charge in [-0.1, -0.05) is 0 Å². The fourth-order valence-corrected chi connectivity index (χ4v) is 2.48. The molecule has 1 amide bonds. The maximum atomic E-state index is 11.0. The van der Waals surface area contributed by atoms with Crippen molar-refractivity contribution in [1.82, 2.24) is 0 Å². The Kier molecular flexibility index (Phi) is 3.32. The van der Waals surface area contributed by atoms with Gasteiger partial charge in [0.15, 0.2) is 0 Å². The summed E-state index contributed by atoms with van der Waals surface area (Å²) in [6.07, 6.45) is 0. The van der Waals surface area contributed by atoms with E-state index in [0.717, 1.165) is 19.1 Å². The standard InChI is InChI=1S/C8H10AsNO6/c1-4(11)10-7-6(12)3-2-5(8(7)13)9(14,15)16/h2-3,12-13H,1H3,(H,10,11)(H2,14,15,16). The van der Waals surface area contributed by atoms with E-state index in [1.54, 1.807) is 0 Å². The van der Waals surface area contributed by atoms with Gasteiger partial charge in [0.25, 0.3) is 0 Å².